The van der Waals surface area contributed by atoms with E-state index in [1.54, 1.807) is 7.11 Å². The second kappa shape index (κ2) is 11.1. The summed E-state index contributed by atoms with van der Waals surface area (Å²) in [5, 5.41) is 4.02. The number of nitrogens with zero attached hydrogens (tertiary/aromatic N) is 2. The van der Waals surface area contributed by atoms with E-state index < -0.39 is 0 Å². The molecule has 1 aliphatic rings. The summed E-state index contributed by atoms with van der Waals surface area (Å²) in [4.78, 5) is 18.7. The predicted octanol–water partition coefficient (Wildman–Crippen LogP) is 3.18. The van der Waals surface area contributed by atoms with E-state index in [1.807, 2.05) is 12.3 Å². The molecule has 3 rings (SSSR count). The molecule has 0 saturated carbocycles. The van der Waals surface area contributed by atoms with Crippen LogP contribution in [-0.4, -0.2) is 61.8 Å². The van der Waals surface area contributed by atoms with Gasteiger partial charge in [-0.05, 0) is 49.4 Å². The first-order valence-corrected chi connectivity index (χ1v) is 10.7. The third-order valence-electron chi connectivity index (χ3n) is 5.37. The third kappa shape index (κ3) is 6.41. The first-order valence-electron chi connectivity index (χ1n) is 10.7. The summed E-state index contributed by atoms with van der Waals surface area (Å²) in [6.45, 7) is 5.48. The second-order valence-electron chi connectivity index (χ2n) is 7.71. The van der Waals surface area contributed by atoms with E-state index in [-0.39, 0.29) is 12.0 Å². The van der Waals surface area contributed by atoms with Crippen molar-refractivity contribution in [2.24, 2.45) is 0 Å². The summed E-state index contributed by atoms with van der Waals surface area (Å²) in [5.41, 5.74) is 2.25. The average molecular weight is 400 g/mol. The zero-order valence-corrected chi connectivity index (χ0v) is 17.7. The van der Waals surface area contributed by atoms with Gasteiger partial charge in [0.05, 0.1) is 13.2 Å². The van der Waals surface area contributed by atoms with Crippen molar-refractivity contribution in [3.8, 4) is 5.75 Å². The molecule has 2 heterocycles. The van der Waals surface area contributed by atoms with Crippen molar-refractivity contribution >= 4 is 16.8 Å². The number of rotatable bonds is 10. The minimum Gasteiger partial charge on any atom is -0.488 e. The maximum atomic E-state index is 12.0. The number of hydrogen-bond acceptors (Lipinski definition) is 5. The molecular weight excluding hydrogens is 366 g/mol. The first-order chi connectivity index (χ1) is 14.2. The number of aryl methyl sites for hydroxylation is 1. The van der Waals surface area contributed by atoms with Crippen LogP contribution in [0.4, 0.5) is 0 Å². The van der Waals surface area contributed by atoms with E-state index in [0.717, 1.165) is 49.0 Å². The van der Waals surface area contributed by atoms with Crippen molar-refractivity contribution in [3.63, 3.8) is 0 Å². The molecule has 0 aliphatic carbocycles. The molecule has 0 spiro atoms. The molecule has 2 aromatic rings. The lowest BCUT2D eigenvalue weighted by atomic mass is 10.0. The van der Waals surface area contributed by atoms with Crippen LogP contribution < -0.4 is 10.1 Å². The SMILES string of the molecule is CCCCc1cc(OC2CCN(CC(=O)NCCOC)CC2)c2ncccc2c1. The van der Waals surface area contributed by atoms with Crippen molar-refractivity contribution in [1.82, 2.24) is 15.2 Å². The van der Waals surface area contributed by atoms with Crippen LogP contribution in [0, 0.1) is 0 Å². The van der Waals surface area contributed by atoms with Crippen LogP contribution in [0.2, 0.25) is 0 Å². The highest BCUT2D eigenvalue weighted by Crippen LogP contribution is 2.29. The minimum atomic E-state index is 0.0558. The van der Waals surface area contributed by atoms with Crippen LogP contribution in [0.1, 0.15) is 38.2 Å². The molecule has 0 radical (unpaired) electrons. The number of nitrogens with one attached hydrogen (secondary N) is 1. The molecule has 1 aliphatic heterocycles. The summed E-state index contributed by atoms with van der Waals surface area (Å²) >= 11 is 0. The molecule has 0 unspecified atom stereocenters. The van der Waals surface area contributed by atoms with Gasteiger partial charge in [0, 0.05) is 38.3 Å². The van der Waals surface area contributed by atoms with Gasteiger partial charge in [-0.1, -0.05) is 19.4 Å². The van der Waals surface area contributed by atoms with Gasteiger partial charge in [0.1, 0.15) is 17.4 Å². The van der Waals surface area contributed by atoms with Gasteiger partial charge in [-0.15, -0.1) is 0 Å². The van der Waals surface area contributed by atoms with Crippen molar-refractivity contribution in [1.29, 1.82) is 0 Å². The number of carbonyl (C=O) groups is 1. The van der Waals surface area contributed by atoms with Crippen LogP contribution in [0.25, 0.3) is 10.9 Å². The molecule has 1 aromatic heterocycles. The molecule has 6 heteroatoms. The molecule has 1 N–H and O–H groups in total. The number of fused-ring (bicyclic) bond motifs is 1. The van der Waals surface area contributed by atoms with Gasteiger partial charge in [0.2, 0.25) is 5.91 Å². The number of ether oxygens (including phenoxy) is 2. The van der Waals surface area contributed by atoms with Gasteiger partial charge < -0.3 is 14.8 Å². The van der Waals surface area contributed by atoms with E-state index in [9.17, 15) is 4.79 Å². The molecule has 1 fully saturated rings. The number of likely N-dealkylation sites (tertiary alicyclic amines) is 1. The smallest absolute Gasteiger partial charge is 0.234 e. The number of pyridine rings is 1. The number of aromatic nitrogens is 1. The number of carbonyl (C=O) groups excluding carboxylic acids is 1. The molecule has 1 amide bonds. The van der Waals surface area contributed by atoms with Crippen molar-refractivity contribution < 1.29 is 14.3 Å². The summed E-state index contributed by atoms with van der Waals surface area (Å²) < 4.78 is 11.4. The fourth-order valence-corrected chi connectivity index (χ4v) is 3.75. The third-order valence-corrected chi connectivity index (χ3v) is 5.37. The number of amides is 1. The Hall–Kier alpha value is -2.18. The number of piperidine rings is 1. The van der Waals surface area contributed by atoms with Crippen LogP contribution in [-0.2, 0) is 16.0 Å². The van der Waals surface area contributed by atoms with Gasteiger partial charge in [-0.2, -0.15) is 0 Å². The highest BCUT2D eigenvalue weighted by atomic mass is 16.5. The lowest BCUT2D eigenvalue weighted by molar-refractivity contribution is -0.122. The highest BCUT2D eigenvalue weighted by Gasteiger charge is 2.23. The van der Waals surface area contributed by atoms with E-state index in [0.29, 0.717) is 19.7 Å². The summed E-state index contributed by atoms with van der Waals surface area (Å²) in [5.74, 6) is 0.949. The van der Waals surface area contributed by atoms with E-state index in [1.165, 1.54) is 18.4 Å². The molecule has 1 aromatic carbocycles. The Bertz CT molecular complexity index is 788. The van der Waals surface area contributed by atoms with Crippen LogP contribution in [0.5, 0.6) is 5.75 Å². The van der Waals surface area contributed by atoms with Crippen molar-refractivity contribution in [2.75, 3.05) is 39.9 Å². The number of unbranched alkanes of at least 4 members (excludes halogenated alkanes) is 1. The normalized spacial score (nSPS) is 15.5. The molecule has 0 bridgehead atoms. The molecule has 158 valence electrons. The highest BCUT2D eigenvalue weighted by molar-refractivity contribution is 5.85. The average Bonchev–Trinajstić information content (AvgIpc) is 2.74. The number of methoxy groups -OCH3 is 1. The van der Waals surface area contributed by atoms with Crippen LogP contribution >= 0.6 is 0 Å². The number of benzene rings is 1. The van der Waals surface area contributed by atoms with Gasteiger partial charge in [-0.25, -0.2) is 0 Å². The Labute approximate surface area is 173 Å². The summed E-state index contributed by atoms with van der Waals surface area (Å²) in [6, 6.07) is 8.48. The van der Waals surface area contributed by atoms with Crippen LogP contribution in [0.15, 0.2) is 30.5 Å². The maximum Gasteiger partial charge on any atom is 0.234 e. The summed E-state index contributed by atoms with van der Waals surface area (Å²) in [7, 11) is 1.63. The number of hydrogen-bond donors (Lipinski definition) is 1. The fraction of sp³-hybridized carbons (Fsp3) is 0.565. The second-order valence-corrected chi connectivity index (χ2v) is 7.71. The van der Waals surface area contributed by atoms with Gasteiger partial charge in [0.15, 0.2) is 0 Å². The molecule has 29 heavy (non-hydrogen) atoms. The minimum absolute atomic E-state index is 0.0558. The summed E-state index contributed by atoms with van der Waals surface area (Å²) in [6.07, 6.45) is 7.24. The zero-order valence-electron chi connectivity index (χ0n) is 17.7. The topological polar surface area (TPSA) is 63.7 Å². The lowest BCUT2D eigenvalue weighted by Crippen LogP contribution is -2.44. The maximum absolute atomic E-state index is 12.0. The molecular formula is C23H33N3O3. The van der Waals surface area contributed by atoms with E-state index in [4.69, 9.17) is 9.47 Å². The lowest BCUT2D eigenvalue weighted by Gasteiger charge is -2.31. The van der Waals surface area contributed by atoms with E-state index >= 15 is 0 Å². The molecule has 6 nitrogen and oxygen atoms in total. The standard InChI is InChI=1S/C23H33N3O3/c1-3-4-6-18-15-19-7-5-10-25-23(19)21(16-18)29-20-8-12-26(13-9-20)17-22(27)24-11-14-28-2/h5,7,10,15-16,20H,3-4,6,8-9,11-14,17H2,1-2H3,(H,24,27). The molecule has 0 atom stereocenters. The van der Waals surface area contributed by atoms with E-state index in [2.05, 4.69) is 40.3 Å². The van der Waals surface area contributed by atoms with Crippen molar-refractivity contribution in [2.45, 2.75) is 45.1 Å². The Kier molecular flexibility index (Phi) is 8.25. The van der Waals surface area contributed by atoms with Gasteiger partial charge in [0.25, 0.3) is 0 Å². The van der Waals surface area contributed by atoms with Crippen LogP contribution in [0.3, 0.4) is 0 Å². The Balaban J connectivity index is 1.57. The quantitative estimate of drug-likeness (QED) is 0.622. The largest absolute Gasteiger partial charge is 0.488 e. The Morgan fingerprint density at radius 2 is 2.14 bits per heavy atom. The Morgan fingerprint density at radius 1 is 1.31 bits per heavy atom. The van der Waals surface area contributed by atoms with Gasteiger partial charge >= 0.3 is 0 Å². The molecule has 1 saturated heterocycles. The van der Waals surface area contributed by atoms with Crippen molar-refractivity contribution in [3.05, 3.63) is 36.0 Å². The fourth-order valence-electron chi connectivity index (χ4n) is 3.75. The van der Waals surface area contributed by atoms with Gasteiger partial charge in [-0.3, -0.25) is 14.7 Å². The zero-order chi connectivity index (χ0) is 20.5. The predicted molar refractivity (Wildman–Crippen MR) is 115 cm³/mol. The monoisotopic (exact) mass is 399 g/mol. The first kappa shape index (κ1) is 21.5. The Morgan fingerprint density at radius 3 is 2.90 bits per heavy atom.